The van der Waals surface area contributed by atoms with Crippen molar-refractivity contribution in [2.45, 2.75) is 51.2 Å². The van der Waals surface area contributed by atoms with Gasteiger partial charge in [0.05, 0.1) is 17.2 Å². The van der Waals surface area contributed by atoms with Crippen LogP contribution < -0.4 is 4.90 Å². The molecule has 2 aliphatic heterocycles. The van der Waals surface area contributed by atoms with Gasteiger partial charge in [-0.05, 0) is 37.8 Å². The van der Waals surface area contributed by atoms with Crippen molar-refractivity contribution in [3.63, 3.8) is 0 Å². The number of alkyl halides is 3. The third-order valence-electron chi connectivity index (χ3n) is 5.36. The van der Waals surface area contributed by atoms with Crippen LogP contribution in [0, 0.1) is 5.92 Å². The van der Waals surface area contributed by atoms with Crippen LogP contribution in [0.5, 0.6) is 0 Å². The number of nitrogens with zero attached hydrogens (tertiary/aromatic N) is 2. The number of carbonyl (C=O) groups excluding carboxylic acids is 2. The zero-order chi connectivity index (χ0) is 18.9. The summed E-state index contributed by atoms with van der Waals surface area (Å²) in [6, 6.07) is 5.21. The first-order chi connectivity index (χ1) is 12.3. The second kappa shape index (κ2) is 7.29. The standard InChI is InChI=1S/C19H23F3N2O2/c1-2-14-7-5-6-10-23(14)18(26)13-11-17(25)24(12-13)16-9-4-3-8-15(16)19(20,21)22/h3-4,8-9,13-14H,2,5-7,10-12H2,1H3. The molecule has 2 aliphatic rings. The van der Waals surface area contributed by atoms with E-state index >= 15 is 0 Å². The van der Waals surface area contributed by atoms with Crippen LogP contribution in [0.25, 0.3) is 0 Å². The van der Waals surface area contributed by atoms with Gasteiger partial charge in [0.25, 0.3) is 0 Å². The number of amides is 2. The lowest BCUT2D eigenvalue weighted by molar-refractivity contribution is -0.139. The molecule has 1 aromatic rings. The Morgan fingerprint density at radius 1 is 1.23 bits per heavy atom. The predicted octanol–water partition coefficient (Wildman–Crippen LogP) is 3.85. The molecule has 3 rings (SSSR count). The molecule has 142 valence electrons. The molecule has 26 heavy (non-hydrogen) atoms. The van der Waals surface area contributed by atoms with Crippen molar-refractivity contribution >= 4 is 17.5 Å². The van der Waals surface area contributed by atoms with Crippen molar-refractivity contribution in [1.82, 2.24) is 4.90 Å². The second-order valence-electron chi connectivity index (χ2n) is 7.01. The van der Waals surface area contributed by atoms with Gasteiger partial charge in [0.1, 0.15) is 0 Å². The fourth-order valence-corrected chi connectivity index (χ4v) is 4.00. The highest BCUT2D eigenvalue weighted by Crippen LogP contribution is 2.39. The van der Waals surface area contributed by atoms with E-state index in [-0.39, 0.29) is 30.6 Å². The molecule has 0 spiro atoms. The van der Waals surface area contributed by atoms with E-state index in [1.54, 1.807) is 0 Å². The van der Waals surface area contributed by atoms with E-state index in [1.807, 2.05) is 11.8 Å². The average molecular weight is 368 g/mol. The monoisotopic (exact) mass is 368 g/mol. The van der Waals surface area contributed by atoms with Crippen LogP contribution in [0.3, 0.4) is 0 Å². The Bertz CT molecular complexity index is 690. The van der Waals surface area contributed by atoms with Crippen molar-refractivity contribution in [1.29, 1.82) is 0 Å². The number of anilines is 1. The minimum absolute atomic E-state index is 0.0116. The zero-order valence-electron chi connectivity index (χ0n) is 14.8. The summed E-state index contributed by atoms with van der Waals surface area (Å²) in [6.45, 7) is 2.71. The topological polar surface area (TPSA) is 40.6 Å². The lowest BCUT2D eigenvalue weighted by atomic mass is 9.97. The van der Waals surface area contributed by atoms with Crippen LogP contribution in [0.2, 0.25) is 0 Å². The Balaban J connectivity index is 1.80. The van der Waals surface area contributed by atoms with E-state index in [0.29, 0.717) is 6.54 Å². The molecule has 0 bridgehead atoms. The molecule has 0 saturated carbocycles. The smallest absolute Gasteiger partial charge is 0.339 e. The van der Waals surface area contributed by atoms with Gasteiger partial charge in [-0.15, -0.1) is 0 Å². The maximum atomic E-state index is 13.3. The Morgan fingerprint density at radius 2 is 1.96 bits per heavy atom. The molecule has 2 heterocycles. The van der Waals surface area contributed by atoms with Gasteiger partial charge >= 0.3 is 6.18 Å². The van der Waals surface area contributed by atoms with Crippen molar-refractivity contribution in [3.8, 4) is 0 Å². The third-order valence-corrected chi connectivity index (χ3v) is 5.36. The van der Waals surface area contributed by atoms with Crippen molar-refractivity contribution in [2.24, 2.45) is 5.92 Å². The summed E-state index contributed by atoms with van der Waals surface area (Å²) in [5.41, 5.74) is -1.00. The van der Waals surface area contributed by atoms with Crippen LogP contribution in [0.15, 0.2) is 24.3 Å². The summed E-state index contributed by atoms with van der Waals surface area (Å²) >= 11 is 0. The summed E-state index contributed by atoms with van der Waals surface area (Å²) in [5.74, 6) is -1.10. The van der Waals surface area contributed by atoms with E-state index in [0.717, 1.165) is 36.6 Å². The van der Waals surface area contributed by atoms with E-state index in [4.69, 9.17) is 0 Å². The largest absolute Gasteiger partial charge is 0.418 e. The lowest BCUT2D eigenvalue weighted by Gasteiger charge is -2.36. The predicted molar refractivity (Wildman–Crippen MR) is 91.5 cm³/mol. The van der Waals surface area contributed by atoms with Crippen LogP contribution in [-0.2, 0) is 15.8 Å². The Kier molecular flexibility index (Phi) is 5.25. The molecular weight excluding hydrogens is 345 g/mol. The Hall–Kier alpha value is -2.05. The summed E-state index contributed by atoms with van der Waals surface area (Å²) in [5, 5.41) is 0. The first-order valence-corrected chi connectivity index (χ1v) is 9.10. The highest BCUT2D eigenvalue weighted by atomic mass is 19.4. The number of carbonyl (C=O) groups is 2. The molecule has 1 aromatic carbocycles. The average Bonchev–Trinajstić information content (AvgIpc) is 3.02. The van der Waals surface area contributed by atoms with Gasteiger partial charge in [-0.3, -0.25) is 9.59 Å². The number of para-hydroxylation sites is 1. The number of benzene rings is 1. The molecule has 0 aromatic heterocycles. The number of halogens is 3. The number of likely N-dealkylation sites (tertiary alicyclic amines) is 1. The van der Waals surface area contributed by atoms with Gasteiger partial charge < -0.3 is 9.80 Å². The van der Waals surface area contributed by atoms with Crippen LogP contribution >= 0.6 is 0 Å². The molecule has 0 aliphatic carbocycles. The number of piperidine rings is 1. The molecule has 2 fully saturated rings. The van der Waals surface area contributed by atoms with Gasteiger partial charge in [0.2, 0.25) is 11.8 Å². The number of hydrogen-bond donors (Lipinski definition) is 0. The molecule has 2 saturated heterocycles. The Labute approximate surface area is 151 Å². The molecule has 7 heteroatoms. The van der Waals surface area contributed by atoms with E-state index in [9.17, 15) is 22.8 Å². The normalized spacial score (nSPS) is 24.2. The summed E-state index contributed by atoms with van der Waals surface area (Å²) in [7, 11) is 0. The lowest BCUT2D eigenvalue weighted by Crippen LogP contribution is -2.46. The summed E-state index contributed by atoms with van der Waals surface area (Å²) < 4.78 is 39.8. The van der Waals surface area contributed by atoms with Gasteiger partial charge in [-0.1, -0.05) is 19.1 Å². The van der Waals surface area contributed by atoms with Crippen molar-refractivity contribution in [3.05, 3.63) is 29.8 Å². The SMILES string of the molecule is CCC1CCCCN1C(=O)C1CC(=O)N(c2ccccc2C(F)(F)F)C1. The van der Waals surface area contributed by atoms with Crippen molar-refractivity contribution in [2.75, 3.05) is 18.0 Å². The minimum atomic E-state index is -4.54. The molecule has 2 amide bonds. The number of hydrogen-bond acceptors (Lipinski definition) is 2. The van der Waals surface area contributed by atoms with Crippen molar-refractivity contribution < 1.29 is 22.8 Å². The fraction of sp³-hybridized carbons (Fsp3) is 0.579. The molecule has 0 radical (unpaired) electrons. The first kappa shape index (κ1) is 18.7. The van der Waals surface area contributed by atoms with E-state index in [1.165, 1.54) is 18.2 Å². The zero-order valence-corrected chi connectivity index (χ0v) is 14.8. The van der Waals surface area contributed by atoms with E-state index in [2.05, 4.69) is 0 Å². The molecule has 0 N–H and O–H groups in total. The molecule has 2 atom stereocenters. The molecule has 4 nitrogen and oxygen atoms in total. The summed E-state index contributed by atoms with van der Waals surface area (Å²) in [6.07, 6.45) is -0.756. The van der Waals surface area contributed by atoms with Crippen LogP contribution in [0.4, 0.5) is 18.9 Å². The van der Waals surface area contributed by atoms with Gasteiger partial charge in [-0.25, -0.2) is 0 Å². The highest BCUT2D eigenvalue weighted by Gasteiger charge is 2.42. The molecular formula is C19H23F3N2O2. The van der Waals surface area contributed by atoms with Gasteiger partial charge in [-0.2, -0.15) is 13.2 Å². The quantitative estimate of drug-likeness (QED) is 0.813. The fourth-order valence-electron chi connectivity index (χ4n) is 4.00. The van der Waals surface area contributed by atoms with Gasteiger partial charge in [0.15, 0.2) is 0 Å². The van der Waals surface area contributed by atoms with E-state index < -0.39 is 23.6 Å². The highest BCUT2D eigenvalue weighted by molar-refractivity contribution is 6.01. The third kappa shape index (κ3) is 3.57. The Morgan fingerprint density at radius 3 is 2.65 bits per heavy atom. The van der Waals surface area contributed by atoms with Gasteiger partial charge in [0, 0.05) is 25.6 Å². The molecule has 2 unspecified atom stereocenters. The summed E-state index contributed by atoms with van der Waals surface area (Å²) in [4.78, 5) is 28.2. The van der Waals surface area contributed by atoms with Crippen LogP contribution in [0.1, 0.15) is 44.6 Å². The minimum Gasteiger partial charge on any atom is -0.339 e. The second-order valence-corrected chi connectivity index (χ2v) is 7.01. The maximum absolute atomic E-state index is 13.3. The first-order valence-electron chi connectivity index (χ1n) is 9.10. The maximum Gasteiger partial charge on any atom is 0.418 e. The van der Waals surface area contributed by atoms with Crippen LogP contribution in [-0.4, -0.2) is 35.8 Å². The number of rotatable bonds is 3.